The molecule has 8 nitrogen and oxygen atoms in total. The number of nitrogens with zero attached hydrogens (tertiary/aromatic N) is 2. The van der Waals surface area contributed by atoms with Gasteiger partial charge in [-0.3, -0.25) is 15.0 Å². The predicted octanol–water partition coefficient (Wildman–Crippen LogP) is 1.14. The van der Waals surface area contributed by atoms with E-state index in [0.29, 0.717) is 36.9 Å². The van der Waals surface area contributed by atoms with Crippen LogP contribution in [0.2, 0.25) is 0 Å². The molecule has 1 fully saturated rings. The Balaban J connectivity index is 1.41. The fourth-order valence-electron chi connectivity index (χ4n) is 2.66. The lowest BCUT2D eigenvalue weighted by atomic mass is 10.3. The first-order valence-corrected chi connectivity index (χ1v) is 11.5. The number of sulfonamides is 1. The number of rotatable bonds is 6. The van der Waals surface area contributed by atoms with Gasteiger partial charge >= 0.3 is 6.03 Å². The quantitative estimate of drug-likeness (QED) is 0.719. The molecule has 11 heteroatoms. The number of imide groups is 1. The van der Waals surface area contributed by atoms with E-state index in [4.69, 9.17) is 0 Å². The van der Waals surface area contributed by atoms with E-state index in [1.54, 1.807) is 17.5 Å². The van der Waals surface area contributed by atoms with E-state index in [2.05, 4.69) is 10.6 Å². The first-order valence-electron chi connectivity index (χ1n) is 8.31. The van der Waals surface area contributed by atoms with Gasteiger partial charge in [0, 0.05) is 31.1 Å². The van der Waals surface area contributed by atoms with Crippen LogP contribution in [-0.2, 0) is 21.4 Å². The Morgan fingerprint density at radius 3 is 2.37 bits per heavy atom. The minimum atomic E-state index is -3.46. The van der Waals surface area contributed by atoms with E-state index < -0.39 is 22.0 Å². The predicted molar refractivity (Wildman–Crippen MR) is 104 cm³/mol. The Labute approximate surface area is 165 Å². The van der Waals surface area contributed by atoms with Gasteiger partial charge in [-0.05, 0) is 22.9 Å². The second-order valence-electron chi connectivity index (χ2n) is 5.92. The number of nitrogens with one attached hydrogen (secondary N) is 2. The maximum Gasteiger partial charge on any atom is 0.321 e. The molecule has 0 unspecified atom stereocenters. The van der Waals surface area contributed by atoms with Crippen LogP contribution in [0, 0.1) is 0 Å². The number of hydrogen-bond donors (Lipinski definition) is 2. The molecule has 0 bridgehead atoms. The van der Waals surface area contributed by atoms with Crippen molar-refractivity contribution in [3.05, 3.63) is 39.9 Å². The number of carbonyl (C=O) groups is 2. The molecule has 2 aromatic heterocycles. The van der Waals surface area contributed by atoms with E-state index in [0.717, 1.165) is 4.88 Å². The van der Waals surface area contributed by atoms with Crippen LogP contribution in [0.4, 0.5) is 4.79 Å². The molecule has 3 rings (SSSR count). The topological polar surface area (TPSA) is 98.8 Å². The highest BCUT2D eigenvalue weighted by Gasteiger charge is 2.29. The third-order valence-electron chi connectivity index (χ3n) is 4.04. The lowest BCUT2D eigenvalue weighted by molar-refractivity contribution is -0.121. The first-order chi connectivity index (χ1) is 12.9. The molecule has 3 heterocycles. The molecule has 2 aromatic rings. The molecule has 0 spiro atoms. The summed E-state index contributed by atoms with van der Waals surface area (Å²) in [6.07, 6.45) is 0. The van der Waals surface area contributed by atoms with Crippen molar-refractivity contribution >= 4 is 44.6 Å². The number of hydrogen-bond acceptors (Lipinski definition) is 7. The summed E-state index contributed by atoms with van der Waals surface area (Å²) in [5.41, 5.74) is 0. The summed E-state index contributed by atoms with van der Waals surface area (Å²) in [6, 6.07) is 6.56. The Morgan fingerprint density at radius 2 is 1.74 bits per heavy atom. The highest BCUT2D eigenvalue weighted by Crippen LogP contribution is 2.21. The molecule has 1 saturated heterocycles. The second-order valence-corrected chi connectivity index (χ2v) is 10.1. The summed E-state index contributed by atoms with van der Waals surface area (Å²) >= 11 is 2.72. The molecule has 2 N–H and O–H groups in total. The molecule has 3 amide bonds. The number of thiophene rings is 2. The van der Waals surface area contributed by atoms with Crippen LogP contribution in [0.25, 0.3) is 0 Å². The van der Waals surface area contributed by atoms with Gasteiger partial charge in [0.1, 0.15) is 4.21 Å². The van der Waals surface area contributed by atoms with Crippen LogP contribution in [-0.4, -0.2) is 62.3 Å². The van der Waals surface area contributed by atoms with Crippen molar-refractivity contribution in [1.29, 1.82) is 0 Å². The Hall–Kier alpha value is -1.79. The van der Waals surface area contributed by atoms with E-state index in [-0.39, 0.29) is 6.54 Å². The molecule has 1 aliphatic heterocycles. The van der Waals surface area contributed by atoms with E-state index in [1.165, 1.54) is 27.0 Å². The molecule has 146 valence electrons. The van der Waals surface area contributed by atoms with Gasteiger partial charge in [0.2, 0.25) is 5.91 Å². The van der Waals surface area contributed by atoms with Crippen molar-refractivity contribution in [1.82, 2.24) is 19.8 Å². The van der Waals surface area contributed by atoms with Gasteiger partial charge in [-0.2, -0.15) is 4.31 Å². The van der Waals surface area contributed by atoms with Gasteiger partial charge < -0.3 is 5.32 Å². The van der Waals surface area contributed by atoms with Gasteiger partial charge in [0.25, 0.3) is 10.0 Å². The standard InChI is InChI=1S/C16H20N4O4S3/c21-14(18-16(22)17-11-13-3-1-9-25-13)12-19-5-7-20(8-6-19)27(23,24)15-4-2-10-26-15/h1-4,9-10H,5-8,11-12H2,(H2,17,18,21,22). The SMILES string of the molecule is O=C(CN1CCN(S(=O)(=O)c2cccs2)CC1)NC(=O)NCc1cccs1. The maximum absolute atomic E-state index is 12.5. The van der Waals surface area contributed by atoms with Crippen molar-refractivity contribution in [3.8, 4) is 0 Å². The molecule has 1 aliphatic rings. The van der Waals surface area contributed by atoms with Crippen LogP contribution < -0.4 is 10.6 Å². The molecule has 0 aliphatic carbocycles. The molecular formula is C16H20N4O4S3. The zero-order valence-electron chi connectivity index (χ0n) is 14.5. The molecule has 27 heavy (non-hydrogen) atoms. The fourth-order valence-corrected chi connectivity index (χ4v) is 5.87. The van der Waals surface area contributed by atoms with E-state index in [9.17, 15) is 18.0 Å². The van der Waals surface area contributed by atoms with Crippen molar-refractivity contribution in [2.75, 3.05) is 32.7 Å². The lowest BCUT2D eigenvalue weighted by Gasteiger charge is -2.33. The number of carbonyl (C=O) groups excluding carboxylic acids is 2. The highest BCUT2D eigenvalue weighted by atomic mass is 32.2. The van der Waals surface area contributed by atoms with E-state index in [1.807, 2.05) is 22.4 Å². The largest absolute Gasteiger partial charge is 0.333 e. The maximum atomic E-state index is 12.5. The Morgan fingerprint density at radius 1 is 1.04 bits per heavy atom. The molecule has 0 radical (unpaired) electrons. The van der Waals surface area contributed by atoms with Gasteiger partial charge in [0.05, 0.1) is 13.1 Å². The van der Waals surface area contributed by atoms with Gasteiger partial charge in [0.15, 0.2) is 0 Å². The average molecular weight is 429 g/mol. The summed E-state index contributed by atoms with van der Waals surface area (Å²) in [4.78, 5) is 26.6. The first kappa shape index (κ1) is 20.0. The zero-order chi connectivity index (χ0) is 19.3. The van der Waals surface area contributed by atoms with Crippen molar-refractivity contribution in [3.63, 3.8) is 0 Å². The Bertz CT molecular complexity index is 858. The minimum Gasteiger partial charge on any atom is -0.333 e. The van der Waals surface area contributed by atoms with Crippen LogP contribution in [0.3, 0.4) is 0 Å². The number of urea groups is 1. The highest BCUT2D eigenvalue weighted by molar-refractivity contribution is 7.91. The third kappa shape index (κ3) is 5.36. The van der Waals surface area contributed by atoms with Gasteiger partial charge in [-0.1, -0.05) is 12.1 Å². The minimum absolute atomic E-state index is 0.0549. The molecular weight excluding hydrogens is 408 g/mol. The van der Waals surface area contributed by atoms with Crippen molar-refractivity contribution in [2.45, 2.75) is 10.8 Å². The monoisotopic (exact) mass is 428 g/mol. The summed E-state index contributed by atoms with van der Waals surface area (Å²) in [7, 11) is -3.46. The molecule has 0 atom stereocenters. The average Bonchev–Trinajstić information content (AvgIpc) is 3.34. The fraction of sp³-hybridized carbons (Fsp3) is 0.375. The van der Waals surface area contributed by atoms with Crippen LogP contribution in [0.5, 0.6) is 0 Å². The van der Waals surface area contributed by atoms with Crippen molar-refractivity contribution < 1.29 is 18.0 Å². The van der Waals surface area contributed by atoms with Gasteiger partial charge in [-0.25, -0.2) is 13.2 Å². The lowest BCUT2D eigenvalue weighted by Crippen LogP contribution is -2.52. The summed E-state index contributed by atoms with van der Waals surface area (Å²) < 4.78 is 26.7. The summed E-state index contributed by atoms with van der Waals surface area (Å²) in [5, 5.41) is 8.58. The Kier molecular flexibility index (Phi) is 6.60. The van der Waals surface area contributed by atoms with Crippen LogP contribution >= 0.6 is 22.7 Å². The normalized spacial score (nSPS) is 16.1. The van der Waals surface area contributed by atoms with Gasteiger partial charge in [-0.15, -0.1) is 22.7 Å². The smallest absolute Gasteiger partial charge is 0.321 e. The van der Waals surface area contributed by atoms with Crippen molar-refractivity contribution in [2.24, 2.45) is 0 Å². The number of piperazine rings is 1. The van der Waals surface area contributed by atoms with Crippen LogP contribution in [0.15, 0.2) is 39.2 Å². The summed E-state index contributed by atoms with van der Waals surface area (Å²) in [5.74, 6) is -0.409. The second kappa shape index (κ2) is 8.93. The number of amides is 3. The van der Waals surface area contributed by atoms with E-state index >= 15 is 0 Å². The third-order valence-corrected chi connectivity index (χ3v) is 8.19. The summed E-state index contributed by atoms with van der Waals surface area (Å²) in [6.45, 7) is 1.94. The zero-order valence-corrected chi connectivity index (χ0v) is 16.9. The molecule has 0 aromatic carbocycles. The molecule has 0 saturated carbocycles. The van der Waals surface area contributed by atoms with Crippen LogP contribution in [0.1, 0.15) is 4.88 Å².